The summed E-state index contributed by atoms with van der Waals surface area (Å²) >= 11 is 3.29. The van der Waals surface area contributed by atoms with Crippen molar-refractivity contribution in [3.05, 3.63) is 27.1 Å². The van der Waals surface area contributed by atoms with Crippen LogP contribution in [0.4, 0.5) is 0 Å². The molecular weight excluding hydrogens is 408 g/mol. The van der Waals surface area contributed by atoms with Gasteiger partial charge in [-0.25, -0.2) is 13.2 Å². The fourth-order valence-electron chi connectivity index (χ4n) is 2.72. The lowest BCUT2D eigenvalue weighted by atomic mass is 9.90. The number of aromatic nitrogens is 2. The quantitative estimate of drug-likeness (QED) is 0.690. The molecule has 0 aliphatic carbocycles. The highest BCUT2D eigenvalue weighted by Gasteiger charge is 2.39. The summed E-state index contributed by atoms with van der Waals surface area (Å²) in [5.41, 5.74) is 6.21. The van der Waals surface area contributed by atoms with Gasteiger partial charge in [0, 0.05) is 17.6 Å². The fraction of sp³-hybridized carbons (Fsp3) is 0.462. The van der Waals surface area contributed by atoms with Crippen molar-refractivity contribution in [1.82, 2.24) is 14.3 Å². The molecule has 1 unspecified atom stereocenters. The summed E-state index contributed by atoms with van der Waals surface area (Å²) in [6.45, 7) is 3.29. The van der Waals surface area contributed by atoms with E-state index in [1.807, 2.05) is 6.92 Å². The molecule has 1 atom stereocenters. The van der Waals surface area contributed by atoms with E-state index in [2.05, 4.69) is 25.9 Å². The van der Waals surface area contributed by atoms with Gasteiger partial charge in [0.2, 0.25) is 10.0 Å². The van der Waals surface area contributed by atoms with Crippen LogP contribution < -0.4 is 11.4 Å². The number of hydrogen-bond acceptors (Lipinski definition) is 4. The maximum absolute atomic E-state index is 12.9. The zero-order chi connectivity index (χ0) is 16.1. The van der Waals surface area contributed by atoms with Gasteiger partial charge in [-0.3, -0.25) is 0 Å². The highest BCUT2D eigenvalue weighted by molar-refractivity contribution is 9.10. The normalized spacial score (nSPS) is 22.4. The number of aromatic amines is 2. The lowest BCUT2D eigenvalue weighted by molar-refractivity contribution is 0.349. The Morgan fingerprint density at radius 3 is 2.52 bits per heavy atom. The van der Waals surface area contributed by atoms with Gasteiger partial charge >= 0.3 is 5.69 Å². The Hall–Kier alpha value is -0.870. The summed E-state index contributed by atoms with van der Waals surface area (Å²) < 4.78 is 27.6. The average molecular weight is 426 g/mol. The van der Waals surface area contributed by atoms with Crippen LogP contribution in [0.25, 0.3) is 11.0 Å². The Kier molecular flexibility index (Phi) is 4.99. The number of benzene rings is 1. The Morgan fingerprint density at radius 2 is 1.96 bits per heavy atom. The number of nitrogens with one attached hydrogen (secondary N) is 2. The highest BCUT2D eigenvalue weighted by atomic mass is 79.9. The van der Waals surface area contributed by atoms with Gasteiger partial charge in [-0.1, -0.05) is 6.92 Å². The Morgan fingerprint density at radius 1 is 1.35 bits per heavy atom. The number of imidazole rings is 1. The van der Waals surface area contributed by atoms with Crippen molar-refractivity contribution in [3.63, 3.8) is 0 Å². The molecule has 128 valence electrons. The number of fused-ring (bicyclic) bond motifs is 1. The topological polar surface area (TPSA) is 112 Å². The molecule has 0 radical (unpaired) electrons. The van der Waals surface area contributed by atoms with Crippen LogP contribution >= 0.6 is 28.3 Å². The minimum Gasteiger partial charge on any atom is -0.330 e. The molecule has 23 heavy (non-hydrogen) atoms. The summed E-state index contributed by atoms with van der Waals surface area (Å²) in [6.07, 6.45) is 0.740. The van der Waals surface area contributed by atoms with Crippen molar-refractivity contribution >= 4 is 49.4 Å². The van der Waals surface area contributed by atoms with Crippen LogP contribution in [-0.4, -0.2) is 42.3 Å². The molecule has 7 nitrogen and oxygen atoms in total. The molecule has 0 spiro atoms. The van der Waals surface area contributed by atoms with E-state index in [0.717, 1.165) is 6.42 Å². The third kappa shape index (κ3) is 3.20. The summed E-state index contributed by atoms with van der Waals surface area (Å²) in [5, 5.41) is 0. The van der Waals surface area contributed by atoms with Crippen LogP contribution in [0.1, 0.15) is 13.3 Å². The number of H-pyrrole nitrogens is 2. The molecule has 1 aliphatic heterocycles. The Bertz CT molecular complexity index is 894. The first kappa shape index (κ1) is 18.5. The summed E-state index contributed by atoms with van der Waals surface area (Å²) in [7, 11) is -3.64. The Labute approximate surface area is 148 Å². The first-order valence-electron chi connectivity index (χ1n) is 6.87. The predicted molar refractivity (Wildman–Crippen MR) is 94.4 cm³/mol. The molecule has 1 aliphatic rings. The van der Waals surface area contributed by atoms with E-state index in [1.165, 1.54) is 10.4 Å². The summed E-state index contributed by atoms with van der Waals surface area (Å²) in [6, 6.07) is 3.07. The molecule has 2 aromatic rings. The smallest absolute Gasteiger partial charge is 0.323 e. The number of nitrogens with zero attached hydrogens (tertiary/aromatic N) is 1. The number of hydrogen-bond donors (Lipinski definition) is 3. The maximum atomic E-state index is 12.9. The van der Waals surface area contributed by atoms with Crippen molar-refractivity contribution in [2.45, 2.75) is 18.2 Å². The van der Waals surface area contributed by atoms with E-state index in [1.54, 1.807) is 6.07 Å². The molecule has 1 aromatic carbocycles. The van der Waals surface area contributed by atoms with Gasteiger partial charge in [0.05, 0.1) is 15.9 Å². The lowest BCUT2D eigenvalue weighted by Crippen LogP contribution is -2.34. The molecule has 3 rings (SSSR count). The summed E-state index contributed by atoms with van der Waals surface area (Å²) in [4.78, 5) is 16.7. The van der Waals surface area contributed by atoms with Gasteiger partial charge in [0.25, 0.3) is 0 Å². The van der Waals surface area contributed by atoms with E-state index in [0.29, 0.717) is 35.1 Å². The largest absolute Gasteiger partial charge is 0.330 e. The fourth-order valence-corrected chi connectivity index (χ4v) is 5.34. The number of halogens is 2. The van der Waals surface area contributed by atoms with Gasteiger partial charge in [0.15, 0.2) is 0 Å². The predicted octanol–water partition coefficient (Wildman–Crippen LogP) is 1.40. The molecule has 1 saturated heterocycles. The minimum atomic E-state index is -3.64. The molecular formula is C13H18BrClN4O3S. The van der Waals surface area contributed by atoms with Crippen LogP contribution in [0.2, 0.25) is 0 Å². The SMILES string of the molecule is CC1(CN)CCN(S(=O)(=O)c2cc3[nH]c(=O)[nH]c3cc2Br)C1.Cl. The lowest BCUT2D eigenvalue weighted by Gasteiger charge is -2.22. The third-order valence-corrected chi connectivity index (χ3v) is 7.01. The van der Waals surface area contributed by atoms with Crippen LogP contribution in [0.5, 0.6) is 0 Å². The zero-order valence-corrected chi connectivity index (χ0v) is 15.6. The number of nitrogens with two attached hydrogens (primary N) is 1. The van der Waals surface area contributed by atoms with E-state index >= 15 is 0 Å². The second-order valence-corrected chi connectivity index (χ2v) is 8.77. The van der Waals surface area contributed by atoms with Crippen molar-refractivity contribution in [2.24, 2.45) is 11.1 Å². The van der Waals surface area contributed by atoms with Crippen molar-refractivity contribution < 1.29 is 8.42 Å². The molecule has 10 heteroatoms. The van der Waals surface area contributed by atoms with Gasteiger partial charge in [-0.15, -0.1) is 12.4 Å². The van der Waals surface area contributed by atoms with Crippen molar-refractivity contribution in [2.75, 3.05) is 19.6 Å². The minimum absolute atomic E-state index is 0. The number of rotatable bonds is 3. The second kappa shape index (κ2) is 6.21. The van der Waals surface area contributed by atoms with Gasteiger partial charge in [-0.2, -0.15) is 4.31 Å². The summed E-state index contributed by atoms with van der Waals surface area (Å²) in [5.74, 6) is 0. The maximum Gasteiger partial charge on any atom is 0.323 e. The van der Waals surface area contributed by atoms with E-state index < -0.39 is 10.0 Å². The van der Waals surface area contributed by atoms with E-state index in [9.17, 15) is 13.2 Å². The van der Waals surface area contributed by atoms with Crippen molar-refractivity contribution in [3.8, 4) is 0 Å². The molecule has 0 bridgehead atoms. The first-order chi connectivity index (χ1) is 10.2. The molecule has 4 N–H and O–H groups in total. The average Bonchev–Trinajstić information content (AvgIpc) is 3.01. The number of sulfonamides is 1. The van der Waals surface area contributed by atoms with E-state index in [-0.39, 0.29) is 28.4 Å². The van der Waals surface area contributed by atoms with Crippen LogP contribution in [-0.2, 0) is 10.0 Å². The molecule has 1 aromatic heterocycles. The van der Waals surface area contributed by atoms with Crippen LogP contribution in [0.15, 0.2) is 26.3 Å². The van der Waals surface area contributed by atoms with Crippen LogP contribution in [0.3, 0.4) is 0 Å². The first-order valence-corrected chi connectivity index (χ1v) is 9.10. The van der Waals surface area contributed by atoms with E-state index in [4.69, 9.17) is 5.73 Å². The van der Waals surface area contributed by atoms with Crippen LogP contribution in [0, 0.1) is 5.41 Å². The van der Waals surface area contributed by atoms with Gasteiger partial charge in [-0.05, 0) is 46.4 Å². The second-order valence-electron chi connectivity index (χ2n) is 6.01. The molecule has 0 amide bonds. The van der Waals surface area contributed by atoms with Crippen molar-refractivity contribution in [1.29, 1.82) is 0 Å². The molecule has 1 fully saturated rings. The standard InChI is InChI=1S/C13H17BrN4O3S.ClH/c1-13(6-15)2-3-18(7-13)22(20,21)11-5-10-9(4-8(11)14)16-12(19)17-10;/h4-5H,2-3,6-7,15H2,1H3,(H2,16,17,19);1H. The van der Waals surface area contributed by atoms with Gasteiger partial charge < -0.3 is 15.7 Å². The van der Waals surface area contributed by atoms with Gasteiger partial charge in [0.1, 0.15) is 0 Å². The Balaban J connectivity index is 0.00000192. The molecule has 2 heterocycles. The third-order valence-electron chi connectivity index (χ3n) is 4.20. The monoisotopic (exact) mass is 424 g/mol. The highest BCUT2D eigenvalue weighted by Crippen LogP contribution is 2.35. The zero-order valence-electron chi connectivity index (χ0n) is 12.4. The molecule has 0 saturated carbocycles.